The van der Waals surface area contributed by atoms with Gasteiger partial charge in [0.2, 0.25) is 0 Å². The number of thiophene rings is 1. The number of hydrogen-bond acceptors (Lipinski definition) is 6. The van der Waals surface area contributed by atoms with Gasteiger partial charge in [0.25, 0.3) is 11.5 Å². The molecule has 6 nitrogen and oxygen atoms in total. The molecular formula is C22H18N4O2S2. The van der Waals surface area contributed by atoms with Gasteiger partial charge in [-0.2, -0.15) is 5.10 Å². The van der Waals surface area contributed by atoms with E-state index in [1.807, 2.05) is 60.8 Å². The molecule has 8 heteroatoms. The molecule has 0 radical (unpaired) electrons. The van der Waals surface area contributed by atoms with E-state index < -0.39 is 0 Å². The van der Waals surface area contributed by atoms with Gasteiger partial charge >= 0.3 is 0 Å². The highest BCUT2D eigenvalue weighted by atomic mass is 32.2. The number of aryl methyl sites for hydroxylation is 1. The fourth-order valence-electron chi connectivity index (χ4n) is 2.83. The summed E-state index contributed by atoms with van der Waals surface area (Å²) in [5.41, 5.74) is 4.75. The van der Waals surface area contributed by atoms with Gasteiger partial charge in [-0.25, -0.2) is 10.4 Å². The molecule has 0 unspecified atom stereocenters. The number of nitrogens with zero attached hydrogens (tertiary/aromatic N) is 3. The van der Waals surface area contributed by atoms with Crippen molar-refractivity contribution >= 4 is 46.1 Å². The lowest BCUT2D eigenvalue weighted by Gasteiger charge is -2.13. The number of benzene rings is 2. The summed E-state index contributed by atoms with van der Waals surface area (Å²) in [5.74, 6) is -0.191. The summed E-state index contributed by atoms with van der Waals surface area (Å²) in [7, 11) is 0. The van der Waals surface area contributed by atoms with Crippen molar-refractivity contribution in [2.24, 2.45) is 5.10 Å². The lowest BCUT2D eigenvalue weighted by atomic mass is 10.2. The Morgan fingerprint density at radius 1 is 1.17 bits per heavy atom. The Kier molecular flexibility index (Phi) is 6.06. The van der Waals surface area contributed by atoms with E-state index in [1.54, 1.807) is 22.9 Å². The lowest BCUT2D eigenvalue weighted by Crippen LogP contribution is -2.24. The standard InChI is InChI=1S/C22H18N4O2S2/c1-15-8-10-16(11-9-15)26-21(28)18-6-2-3-7-19(18)24-22(26)30-14-20(27)25-23-13-17-5-4-12-29-17/h2-13H,14H2,1H3,(H,25,27)/b23-13-. The van der Waals surface area contributed by atoms with Crippen molar-refractivity contribution in [3.63, 3.8) is 0 Å². The van der Waals surface area contributed by atoms with E-state index in [0.717, 1.165) is 10.4 Å². The van der Waals surface area contributed by atoms with Crippen LogP contribution in [-0.4, -0.2) is 27.4 Å². The number of fused-ring (bicyclic) bond motifs is 1. The first-order chi connectivity index (χ1) is 14.6. The molecule has 1 amide bonds. The average Bonchev–Trinajstić information content (AvgIpc) is 3.27. The van der Waals surface area contributed by atoms with Crippen LogP contribution in [0.3, 0.4) is 0 Å². The number of amides is 1. The van der Waals surface area contributed by atoms with Gasteiger partial charge < -0.3 is 0 Å². The third-order valence-corrected chi connectivity index (χ3v) is 6.04. The van der Waals surface area contributed by atoms with E-state index in [0.29, 0.717) is 21.7 Å². The molecule has 0 fully saturated rings. The Morgan fingerprint density at radius 2 is 1.97 bits per heavy atom. The van der Waals surface area contributed by atoms with Gasteiger partial charge in [-0.05, 0) is 42.6 Å². The third-order valence-electron chi connectivity index (χ3n) is 4.29. The minimum Gasteiger partial charge on any atom is -0.272 e. The van der Waals surface area contributed by atoms with Gasteiger partial charge in [0.05, 0.1) is 28.6 Å². The van der Waals surface area contributed by atoms with Crippen LogP contribution < -0.4 is 11.0 Å². The Bertz CT molecular complexity index is 1260. The molecule has 2 heterocycles. The van der Waals surface area contributed by atoms with Gasteiger partial charge in [-0.3, -0.25) is 14.2 Å². The number of para-hydroxylation sites is 1. The number of rotatable bonds is 6. The van der Waals surface area contributed by atoms with Crippen molar-refractivity contribution in [2.75, 3.05) is 5.75 Å². The van der Waals surface area contributed by atoms with Crippen LogP contribution in [0.15, 0.2) is 81.1 Å². The molecule has 0 aliphatic carbocycles. The van der Waals surface area contributed by atoms with Crippen LogP contribution in [0, 0.1) is 6.92 Å². The van der Waals surface area contributed by atoms with Crippen molar-refractivity contribution < 1.29 is 4.79 Å². The van der Waals surface area contributed by atoms with Gasteiger partial charge in [-0.1, -0.05) is 47.7 Å². The zero-order valence-corrected chi connectivity index (χ0v) is 17.7. The molecule has 4 aromatic rings. The first-order valence-electron chi connectivity index (χ1n) is 9.19. The predicted molar refractivity (Wildman–Crippen MR) is 123 cm³/mol. The first-order valence-corrected chi connectivity index (χ1v) is 11.1. The number of hydrogen-bond donors (Lipinski definition) is 1. The molecule has 0 atom stereocenters. The fourth-order valence-corrected chi connectivity index (χ4v) is 4.22. The predicted octanol–water partition coefficient (Wildman–Crippen LogP) is 4.00. The minimum atomic E-state index is -0.273. The highest BCUT2D eigenvalue weighted by Crippen LogP contribution is 2.21. The highest BCUT2D eigenvalue weighted by molar-refractivity contribution is 7.99. The number of hydrazone groups is 1. The SMILES string of the molecule is Cc1ccc(-n2c(SCC(=O)N/N=C\c3cccs3)nc3ccccc3c2=O)cc1. The van der Waals surface area contributed by atoms with Gasteiger partial charge in [0.15, 0.2) is 5.16 Å². The van der Waals surface area contributed by atoms with Crippen LogP contribution in [0.25, 0.3) is 16.6 Å². The molecule has 30 heavy (non-hydrogen) atoms. The molecule has 0 saturated carbocycles. The normalized spacial score (nSPS) is 11.2. The van der Waals surface area contributed by atoms with Gasteiger partial charge in [0.1, 0.15) is 0 Å². The van der Waals surface area contributed by atoms with Gasteiger partial charge in [0, 0.05) is 4.88 Å². The number of carbonyl (C=O) groups is 1. The number of thioether (sulfide) groups is 1. The molecule has 0 aliphatic rings. The van der Waals surface area contributed by atoms with Crippen molar-refractivity contribution in [3.8, 4) is 5.69 Å². The van der Waals surface area contributed by atoms with Crippen molar-refractivity contribution in [3.05, 3.63) is 86.8 Å². The Hall–Kier alpha value is -3.23. The second-order valence-corrected chi connectivity index (χ2v) is 8.41. The second-order valence-electron chi connectivity index (χ2n) is 6.48. The van der Waals surface area contributed by atoms with E-state index >= 15 is 0 Å². The van der Waals surface area contributed by atoms with E-state index in [9.17, 15) is 9.59 Å². The Labute approximate surface area is 181 Å². The largest absolute Gasteiger partial charge is 0.272 e. The number of nitrogens with one attached hydrogen (secondary N) is 1. The van der Waals surface area contributed by atoms with Crippen LogP contribution in [-0.2, 0) is 4.79 Å². The van der Waals surface area contributed by atoms with Crippen LogP contribution in [0.1, 0.15) is 10.4 Å². The topological polar surface area (TPSA) is 76.3 Å². The van der Waals surface area contributed by atoms with Crippen LogP contribution in [0.2, 0.25) is 0 Å². The van der Waals surface area contributed by atoms with Crippen LogP contribution in [0.4, 0.5) is 0 Å². The second kappa shape index (κ2) is 9.06. The molecule has 0 bridgehead atoms. The molecule has 0 saturated heterocycles. The van der Waals surface area contributed by atoms with E-state index in [2.05, 4.69) is 15.5 Å². The summed E-state index contributed by atoms with van der Waals surface area (Å²) in [6, 6.07) is 18.7. The summed E-state index contributed by atoms with van der Waals surface area (Å²) < 4.78 is 1.55. The Morgan fingerprint density at radius 3 is 2.73 bits per heavy atom. The lowest BCUT2D eigenvalue weighted by molar-refractivity contribution is -0.118. The molecule has 0 aliphatic heterocycles. The zero-order valence-electron chi connectivity index (χ0n) is 16.1. The molecule has 2 aromatic heterocycles. The van der Waals surface area contributed by atoms with Crippen molar-refractivity contribution in [1.29, 1.82) is 0 Å². The van der Waals surface area contributed by atoms with E-state index in [-0.39, 0.29) is 17.2 Å². The maximum Gasteiger partial charge on any atom is 0.266 e. The molecule has 0 spiro atoms. The summed E-state index contributed by atoms with van der Waals surface area (Å²) in [5, 5.41) is 6.90. The molecule has 2 aromatic carbocycles. The quantitative estimate of drug-likeness (QED) is 0.215. The summed E-state index contributed by atoms with van der Waals surface area (Å²) in [6.45, 7) is 1.99. The minimum absolute atomic E-state index is 0.0818. The van der Waals surface area contributed by atoms with Crippen molar-refractivity contribution in [1.82, 2.24) is 15.0 Å². The van der Waals surface area contributed by atoms with Crippen molar-refractivity contribution in [2.45, 2.75) is 12.1 Å². The first kappa shape index (κ1) is 20.1. The smallest absolute Gasteiger partial charge is 0.266 e. The summed E-state index contributed by atoms with van der Waals surface area (Å²) >= 11 is 2.73. The van der Waals surface area contributed by atoms with E-state index in [1.165, 1.54) is 23.1 Å². The number of aromatic nitrogens is 2. The van der Waals surface area contributed by atoms with Gasteiger partial charge in [-0.15, -0.1) is 11.3 Å². The highest BCUT2D eigenvalue weighted by Gasteiger charge is 2.14. The van der Waals surface area contributed by atoms with E-state index in [4.69, 9.17) is 0 Å². The molecular weight excluding hydrogens is 416 g/mol. The monoisotopic (exact) mass is 434 g/mol. The van der Waals surface area contributed by atoms with Crippen LogP contribution >= 0.6 is 23.1 Å². The molecule has 150 valence electrons. The molecule has 1 N–H and O–H groups in total. The fraction of sp³-hybridized carbons (Fsp3) is 0.0909. The summed E-state index contributed by atoms with van der Waals surface area (Å²) in [4.78, 5) is 31.0. The third kappa shape index (κ3) is 4.50. The Balaban J connectivity index is 1.60. The molecule has 4 rings (SSSR count). The summed E-state index contributed by atoms with van der Waals surface area (Å²) in [6.07, 6.45) is 1.60. The average molecular weight is 435 g/mol. The zero-order chi connectivity index (χ0) is 20.9. The maximum atomic E-state index is 13.2. The maximum absolute atomic E-state index is 13.2. The number of carbonyl (C=O) groups excluding carboxylic acids is 1. The van der Waals surface area contributed by atoms with Crippen LogP contribution in [0.5, 0.6) is 0 Å².